The van der Waals surface area contributed by atoms with Crippen LogP contribution in [0.5, 0.6) is 0 Å². The highest BCUT2D eigenvalue weighted by Gasteiger charge is 2.07. The van der Waals surface area contributed by atoms with E-state index in [1.54, 1.807) is 0 Å². The second-order valence-corrected chi connectivity index (χ2v) is 4.39. The summed E-state index contributed by atoms with van der Waals surface area (Å²) in [6.07, 6.45) is 2.10. The van der Waals surface area contributed by atoms with Crippen LogP contribution in [0, 0.1) is 0 Å². The Morgan fingerprint density at radius 3 is 2.86 bits per heavy atom. The number of rotatable bonds is 2. The molecule has 0 aliphatic rings. The number of nitrogens with zero attached hydrogens (tertiary/aromatic N) is 1. The molecule has 74 valence electrons. The van der Waals surface area contributed by atoms with Crippen molar-refractivity contribution in [1.29, 1.82) is 0 Å². The van der Waals surface area contributed by atoms with Crippen LogP contribution in [0.25, 0.3) is 10.2 Å². The highest BCUT2D eigenvalue weighted by molar-refractivity contribution is 7.22. The maximum atomic E-state index is 5.80. The van der Waals surface area contributed by atoms with Gasteiger partial charge in [-0.15, -0.1) is 0 Å². The first kappa shape index (κ1) is 9.27. The second-order valence-electron chi connectivity index (χ2n) is 3.33. The summed E-state index contributed by atoms with van der Waals surface area (Å²) in [5.74, 6) is 0. The number of hydrogen-bond donors (Lipinski definition) is 2. The lowest BCUT2D eigenvalue weighted by atomic mass is 10.1. The summed E-state index contributed by atoms with van der Waals surface area (Å²) in [5.41, 5.74) is 14.5. The van der Waals surface area contributed by atoms with Gasteiger partial charge in [-0.2, -0.15) is 0 Å². The Morgan fingerprint density at radius 2 is 2.14 bits per heavy atom. The average Bonchev–Trinajstić information content (AvgIpc) is 2.45. The van der Waals surface area contributed by atoms with Crippen molar-refractivity contribution >= 4 is 32.4 Å². The Morgan fingerprint density at radius 1 is 1.36 bits per heavy atom. The molecule has 3 nitrogen and oxygen atoms in total. The zero-order chi connectivity index (χ0) is 10.1. The minimum atomic E-state index is 0.614. The molecule has 1 aromatic carbocycles. The van der Waals surface area contributed by atoms with E-state index < -0.39 is 0 Å². The van der Waals surface area contributed by atoms with Crippen LogP contribution in [-0.4, -0.2) is 4.98 Å². The molecule has 1 aromatic heterocycles. The lowest BCUT2D eigenvalue weighted by Crippen LogP contribution is -1.91. The van der Waals surface area contributed by atoms with Crippen molar-refractivity contribution in [2.45, 2.75) is 19.8 Å². The van der Waals surface area contributed by atoms with Gasteiger partial charge in [-0.3, -0.25) is 0 Å². The fraction of sp³-hybridized carbons (Fsp3) is 0.300. The van der Waals surface area contributed by atoms with Crippen molar-refractivity contribution < 1.29 is 0 Å². The molecule has 14 heavy (non-hydrogen) atoms. The van der Waals surface area contributed by atoms with Crippen LogP contribution in [0.2, 0.25) is 0 Å². The fourth-order valence-corrected chi connectivity index (χ4v) is 2.43. The summed E-state index contributed by atoms with van der Waals surface area (Å²) in [6, 6.07) is 3.92. The van der Waals surface area contributed by atoms with E-state index in [1.165, 1.54) is 16.9 Å². The Balaban J connectivity index is 2.66. The van der Waals surface area contributed by atoms with Crippen LogP contribution >= 0.6 is 11.3 Å². The topological polar surface area (TPSA) is 64.9 Å². The molecular weight excluding hydrogens is 194 g/mol. The Labute approximate surface area is 86.7 Å². The number of thiazole rings is 1. The number of aromatic nitrogens is 1. The monoisotopic (exact) mass is 207 g/mol. The van der Waals surface area contributed by atoms with Crippen molar-refractivity contribution in [1.82, 2.24) is 4.98 Å². The normalized spacial score (nSPS) is 10.9. The molecule has 0 spiro atoms. The smallest absolute Gasteiger partial charge is 0.181 e. The number of anilines is 2. The number of nitrogen functional groups attached to an aromatic ring is 2. The minimum absolute atomic E-state index is 0.614. The molecule has 0 fully saturated rings. The molecule has 0 aliphatic carbocycles. The number of hydrogen-bond acceptors (Lipinski definition) is 4. The van der Waals surface area contributed by atoms with Gasteiger partial charge in [-0.1, -0.05) is 24.7 Å². The Kier molecular flexibility index (Phi) is 2.29. The van der Waals surface area contributed by atoms with Crippen molar-refractivity contribution in [2.24, 2.45) is 0 Å². The van der Waals surface area contributed by atoms with Gasteiger partial charge in [0.2, 0.25) is 0 Å². The molecular formula is C10H13N3S. The number of benzene rings is 1. The van der Waals surface area contributed by atoms with Crippen LogP contribution in [0.15, 0.2) is 12.1 Å². The van der Waals surface area contributed by atoms with Gasteiger partial charge in [-0.05, 0) is 24.1 Å². The van der Waals surface area contributed by atoms with E-state index in [-0.39, 0.29) is 0 Å². The quantitative estimate of drug-likeness (QED) is 0.743. The Bertz CT molecular complexity index is 462. The van der Waals surface area contributed by atoms with E-state index in [2.05, 4.69) is 11.9 Å². The van der Waals surface area contributed by atoms with Crippen LogP contribution in [0.1, 0.15) is 18.9 Å². The predicted octanol–water partition coefficient (Wildman–Crippen LogP) is 2.41. The van der Waals surface area contributed by atoms with E-state index in [9.17, 15) is 0 Å². The zero-order valence-corrected chi connectivity index (χ0v) is 8.90. The first-order chi connectivity index (χ1) is 6.70. The van der Waals surface area contributed by atoms with E-state index in [4.69, 9.17) is 11.5 Å². The van der Waals surface area contributed by atoms with Crippen LogP contribution < -0.4 is 11.5 Å². The maximum Gasteiger partial charge on any atom is 0.181 e. The summed E-state index contributed by atoms with van der Waals surface area (Å²) < 4.78 is 1.09. The van der Waals surface area contributed by atoms with Gasteiger partial charge >= 0.3 is 0 Å². The summed E-state index contributed by atoms with van der Waals surface area (Å²) in [6.45, 7) is 2.14. The van der Waals surface area contributed by atoms with Gasteiger partial charge in [-0.25, -0.2) is 4.98 Å². The molecule has 0 saturated carbocycles. The largest absolute Gasteiger partial charge is 0.399 e. The van der Waals surface area contributed by atoms with Gasteiger partial charge < -0.3 is 11.5 Å². The number of nitrogens with two attached hydrogens (primary N) is 2. The summed E-state index contributed by atoms with van der Waals surface area (Å²) in [7, 11) is 0. The minimum Gasteiger partial charge on any atom is -0.399 e. The Hall–Kier alpha value is -1.29. The molecule has 1 heterocycles. The van der Waals surface area contributed by atoms with Crippen LogP contribution in [0.4, 0.5) is 10.8 Å². The van der Waals surface area contributed by atoms with Gasteiger partial charge in [0.1, 0.15) is 0 Å². The van der Waals surface area contributed by atoms with E-state index in [0.29, 0.717) is 5.13 Å². The van der Waals surface area contributed by atoms with Gasteiger partial charge in [0.15, 0.2) is 5.13 Å². The average molecular weight is 207 g/mol. The first-order valence-corrected chi connectivity index (χ1v) is 5.46. The molecule has 4 N–H and O–H groups in total. The third-order valence-corrected chi connectivity index (χ3v) is 2.96. The lowest BCUT2D eigenvalue weighted by molar-refractivity contribution is 0.928. The first-order valence-electron chi connectivity index (χ1n) is 4.65. The van der Waals surface area contributed by atoms with E-state index >= 15 is 0 Å². The molecule has 2 aromatic rings. The predicted molar refractivity (Wildman–Crippen MR) is 62.4 cm³/mol. The molecule has 0 amide bonds. The maximum absolute atomic E-state index is 5.80. The van der Waals surface area contributed by atoms with E-state index in [0.717, 1.165) is 28.7 Å². The van der Waals surface area contributed by atoms with Crippen molar-refractivity contribution in [3.8, 4) is 0 Å². The van der Waals surface area contributed by atoms with Crippen LogP contribution in [0.3, 0.4) is 0 Å². The SMILES string of the molecule is CCCc1cc(N)cc2sc(N)nc12. The van der Waals surface area contributed by atoms with Crippen molar-refractivity contribution in [3.63, 3.8) is 0 Å². The molecule has 0 radical (unpaired) electrons. The summed E-state index contributed by atoms with van der Waals surface area (Å²) in [4.78, 5) is 4.31. The molecule has 0 saturated heterocycles. The van der Waals surface area contributed by atoms with E-state index in [1.807, 2.05) is 12.1 Å². The standard InChI is InChI=1S/C10H13N3S/c1-2-3-6-4-7(11)5-8-9(6)13-10(12)14-8/h4-5H,2-3,11H2,1H3,(H2,12,13). The molecule has 2 rings (SSSR count). The molecule has 4 heteroatoms. The van der Waals surface area contributed by atoms with Gasteiger partial charge in [0, 0.05) is 5.69 Å². The summed E-state index contributed by atoms with van der Waals surface area (Å²) in [5, 5.41) is 0.614. The zero-order valence-electron chi connectivity index (χ0n) is 8.08. The second kappa shape index (κ2) is 3.46. The molecule has 0 bridgehead atoms. The molecule has 0 atom stereocenters. The highest BCUT2D eigenvalue weighted by Crippen LogP contribution is 2.29. The molecule has 0 aliphatic heterocycles. The van der Waals surface area contributed by atoms with Gasteiger partial charge in [0.05, 0.1) is 10.2 Å². The summed E-state index contributed by atoms with van der Waals surface area (Å²) >= 11 is 1.49. The third kappa shape index (κ3) is 1.53. The van der Waals surface area contributed by atoms with Gasteiger partial charge in [0.25, 0.3) is 0 Å². The highest BCUT2D eigenvalue weighted by atomic mass is 32.1. The fourth-order valence-electron chi connectivity index (χ4n) is 1.60. The third-order valence-electron chi connectivity index (χ3n) is 2.13. The number of aryl methyl sites for hydroxylation is 1. The van der Waals surface area contributed by atoms with Crippen LogP contribution in [-0.2, 0) is 6.42 Å². The molecule has 0 unspecified atom stereocenters. The van der Waals surface area contributed by atoms with Crippen molar-refractivity contribution in [3.05, 3.63) is 17.7 Å². The number of fused-ring (bicyclic) bond motifs is 1. The van der Waals surface area contributed by atoms with Crippen molar-refractivity contribution in [2.75, 3.05) is 11.5 Å². The lowest BCUT2D eigenvalue weighted by Gasteiger charge is -2.01.